The Hall–Kier alpha value is -14.9. The zero-order chi connectivity index (χ0) is 73.3. The molecule has 3 heterocycles. The van der Waals surface area contributed by atoms with Gasteiger partial charge in [0.05, 0.1) is 33.1 Å². The van der Waals surface area contributed by atoms with Crippen molar-refractivity contribution in [1.82, 2.24) is 28.7 Å². The molecular weight excluding hydrogens is 1350 g/mol. The quantitative estimate of drug-likeness (QED) is 0.143. The Morgan fingerprint density at radius 2 is 0.423 bits per heavy atom. The van der Waals surface area contributed by atoms with E-state index in [1.165, 1.54) is 119 Å². The van der Waals surface area contributed by atoms with E-state index in [2.05, 4.69) is 402 Å². The fourth-order valence-electron chi connectivity index (χ4n) is 17.1. The van der Waals surface area contributed by atoms with Crippen LogP contribution in [0.5, 0.6) is 0 Å². The van der Waals surface area contributed by atoms with Gasteiger partial charge in [-0.1, -0.05) is 322 Å². The lowest BCUT2D eigenvalue weighted by Gasteiger charge is -2.14. The number of imidazole rings is 3. The summed E-state index contributed by atoms with van der Waals surface area (Å²) in [4.78, 5) is 15.2. The Morgan fingerprint density at radius 1 is 0.162 bits per heavy atom. The molecule has 0 unspecified atom stereocenters. The van der Waals surface area contributed by atoms with Crippen molar-refractivity contribution in [2.75, 3.05) is 0 Å². The van der Waals surface area contributed by atoms with E-state index >= 15 is 0 Å². The third-order valence-electron chi connectivity index (χ3n) is 22.1. The molecule has 0 aliphatic heterocycles. The van der Waals surface area contributed by atoms with Crippen molar-refractivity contribution in [3.8, 4) is 73.5 Å². The SMILES string of the molecule is c1ccc(-c2nc3ccccc3n2-c2ccc(-c3cc4ccc5ccccc5c4c4ccccc34)cc2)cc1.c1ccc(-n2c(-c3cc4ccc5ccccc5c4c4ccccc34)nc3ccccc32)cc1.c1ccc(-n2c(-c3ccc(-c4cc5ccc6ccccc6c5c5ccccc45)cc3)nc3ccccc32)cc1. The Morgan fingerprint density at radius 3 is 0.829 bits per heavy atom. The summed E-state index contributed by atoms with van der Waals surface area (Å²) in [6.45, 7) is 0. The van der Waals surface area contributed by atoms with Gasteiger partial charge in [0.25, 0.3) is 0 Å². The first-order valence-electron chi connectivity index (χ1n) is 37.9. The average molecular weight is 1410 g/mol. The van der Waals surface area contributed by atoms with Crippen LogP contribution in [0.15, 0.2) is 413 Å². The molecule has 0 radical (unpaired) electrons. The predicted molar refractivity (Wildman–Crippen MR) is 468 cm³/mol. The van der Waals surface area contributed by atoms with Gasteiger partial charge in [-0.25, -0.2) is 15.0 Å². The lowest BCUT2D eigenvalue weighted by atomic mass is 9.90. The van der Waals surface area contributed by atoms with Crippen LogP contribution in [0.1, 0.15) is 0 Å². The van der Waals surface area contributed by atoms with E-state index in [0.29, 0.717) is 0 Å². The fraction of sp³-hybridized carbons (Fsp3) is 0. The molecule has 23 rings (SSSR count). The second-order valence-corrected chi connectivity index (χ2v) is 28.5. The second kappa shape index (κ2) is 27.2. The smallest absolute Gasteiger partial charge is 0.146 e. The molecule has 20 aromatic carbocycles. The number of hydrogen-bond acceptors (Lipinski definition) is 3. The van der Waals surface area contributed by atoms with Gasteiger partial charge >= 0.3 is 0 Å². The van der Waals surface area contributed by atoms with E-state index in [9.17, 15) is 0 Å². The third-order valence-corrected chi connectivity index (χ3v) is 22.1. The van der Waals surface area contributed by atoms with E-state index in [1.807, 2.05) is 24.3 Å². The molecular formula is C105H68N6. The molecule has 6 heteroatoms. The van der Waals surface area contributed by atoms with Gasteiger partial charge in [-0.3, -0.25) is 13.7 Å². The zero-order valence-corrected chi connectivity index (χ0v) is 60.4. The highest BCUT2D eigenvalue weighted by Gasteiger charge is 2.22. The van der Waals surface area contributed by atoms with Crippen molar-refractivity contribution in [3.63, 3.8) is 0 Å². The highest BCUT2D eigenvalue weighted by atomic mass is 15.1. The first kappa shape index (κ1) is 64.5. The molecule has 0 N–H and O–H groups in total. The van der Waals surface area contributed by atoms with Crippen molar-refractivity contribution in [1.29, 1.82) is 0 Å². The van der Waals surface area contributed by atoms with Crippen molar-refractivity contribution >= 4 is 130 Å². The van der Waals surface area contributed by atoms with E-state index in [0.717, 1.165) is 84.3 Å². The molecule has 0 bridgehead atoms. The summed E-state index contributed by atoms with van der Waals surface area (Å²) in [6.07, 6.45) is 0. The largest absolute Gasteiger partial charge is 0.292 e. The van der Waals surface area contributed by atoms with E-state index < -0.39 is 0 Å². The summed E-state index contributed by atoms with van der Waals surface area (Å²) < 4.78 is 6.80. The predicted octanol–water partition coefficient (Wildman–Crippen LogP) is 27.8. The monoisotopic (exact) mass is 1410 g/mol. The summed E-state index contributed by atoms with van der Waals surface area (Å²) in [7, 11) is 0. The van der Waals surface area contributed by atoms with Gasteiger partial charge in [0.1, 0.15) is 17.5 Å². The van der Waals surface area contributed by atoms with Gasteiger partial charge in [0.15, 0.2) is 0 Å². The minimum atomic E-state index is 0.948. The molecule has 0 saturated carbocycles. The van der Waals surface area contributed by atoms with Crippen LogP contribution in [0, 0.1) is 0 Å². The fourth-order valence-corrected chi connectivity index (χ4v) is 17.1. The number of benzene rings is 20. The van der Waals surface area contributed by atoms with Gasteiger partial charge in [0.2, 0.25) is 0 Å². The maximum Gasteiger partial charge on any atom is 0.146 e. The molecule has 0 aliphatic carbocycles. The number of fused-ring (bicyclic) bond motifs is 18. The molecule has 518 valence electrons. The maximum atomic E-state index is 5.14. The molecule has 111 heavy (non-hydrogen) atoms. The first-order chi connectivity index (χ1) is 55.1. The average Bonchev–Trinajstić information content (AvgIpc) is 1.71. The van der Waals surface area contributed by atoms with Gasteiger partial charge in [-0.05, 0) is 210 Å². The summed E-state index contributed by atoms with van der Waals surface area (Å²) in [6, 6.07) is 147. The van der Waals surface area contributed by atoms with Gasteiger partial charge in [0, 0.05) is 33.8 Å². The van der Waals surface area contributed by atoms with Crippen LogP contribution >= 0.6 is 0 Å². The van der Waals surface area contributed by atoms with Crippen molar-refractivity contribution in [2.45, 2.75) is 0 Å². The maximum absolute atomic E-state index is 5.14. The summed E-state index contributed by atoms with van der Waals surface area (Å²) in [5, 5.41) is 23.0. The van der Waals surface area contributed by atoms with Crippen molar-refractivity contribution in [3.05, 3.63) is 413 Å². The molecule has 0 fully saturated rings. The summed E-state index contributed by atoms with van der Waals surface area (Å²) in [5.41, 5.74) is 17.9. The highest BCUT2D eigenvalue weighted by molar-refractivity contribution is 6.26. The number of para-hydroxylation sites is 8. The number of nitrogens with zero attached hydrogens (tertiary/aromatic N) is 6. The summed E-state index contributed by atoms with van der Waals surface area (Å²) in [5.74, 6) is 2.87. The molecule has 6 nitrogen and oxygen atoms in total. The molecule has 0 saturated heterocycles. The van der Waals surface area contributed by atoms with Crippen LogP contribution in [0.4, 0.5) is 0 Å². The Bertz CT molecular complexity index is 7540. The minimum absolute atomic E-state index is 0.948. The first-order valence-corrected chi connectivity index (χ1v) is 37.9. The van der Waals surface area contributed by atoms with E-state index in [1.54, 1.807) is 0 Å². The normalized spacial score (nSPS) is 11.6. The van der Waals surface area contributed by atoms with Crippen LogP contribution in [0.25, 0.3) is 204 Å². The topological polar surface area (TPSA) is 53.5 Å². The van der Waals surface area contributed by atoms with Crippen LogP contribution in [-0.2, 0) is 0 Å². The minimum Gasteiger partial charge on any atom is -0.292 e. The van der Waals surface area contributed by atoms with Gasteiger partial charge in [-0.15, -0.1) is 0 Å². The second-order valence-electron chi connectivity index (χ2n) is 28.5. The molecule has 0 amide bonds. The van der Waals surface area contributed by atoms with Gasteiger partial charge in [-0.2, -0.15) is 0 Å². The van der Waals surface area contributed by atoms with Crippen molar-refractivity contribution in [2.24, 2.45) is 0 Å². The Labute approximate surface area is 640 Å². The van der Waals surface area contributed by atoms with E-state index in [-0.39, 0.29) is 0 Å². The van der Waals surface area contributed by atoms with E-state index in [4.69, 9.17) is 15.0 Å². The van der Waals surface area contributed by atoms with Crippen LogP contribution in [-0.4, -0.2) is 28.7 Å². The zero-order valence-electron chi connectivity index (χ0n) is 60.4. The molecule has 0 aliphatic rings. The third kappa shape index (κ3) is 11.2. The highest BCUT2D eigenvalue weighted by Crippen LogP contribution is 2.44. The standard InChI is InChI=1S/2C37H24N2.C31H20N2/c1-2-11-29(12-3-1)39-35-17-9-8-16-34(35)38-37(39)27-21-18-26(19-22-27)33-24-28-23-20-25-10-4-5-13-30(25)36(28)32-15-7-6-14-31(32)33;1-2-11-27(12-3-1)37-38-34-16-8-9-17-35(34)39(37)29-22-20-26(21-23-29)33-24-28-19-18-25-10-4-5-13-30(25)36(28)32-15-7-6-14-31(32)33;1-2-11-23(12-3-1)33-29-17-9-8-16-28(29)32-31(33)27-20-22-19-18-21-10-4-5-13-24(21)30(22)26-15-7-6-14-25(26)27/h2*1-24H;1-20H. The molecule has 0 spiro atoms. The molecule has 23 aromatic rings. The molecule has 0 atom stereocenters. The lowest BCUT2D eigenvalue weighted by Crippen LogP contribution is -1.98. The number of rotatable bonds is 8. The van der Waals surface area contributed by atoms with Crippen molar-refractivity contribution < 1.29 is 0 Å². The van der Waals surface area contributed by atoms with Crippen LogP contribution < -0.4 is 0 Å². The number of aromatic nitrogens is 6. The Kier molecular flexibility index (Phi) is 15.8. The summed E-state index contributed by atoms with van der Waals surface area (Å²) >= 11 is 0. The number of hydrogen-bond donors (Lipinski definition) is 0. The lowest BCUT2D eigenvalue weighted by molar-refractivity contribution is 1.10. The Balaban J connectivity index is 0.000000106. The van der Waals surface area contributed by atoms with Gasteiger partial charge < -0.3 is 0 Å². The molecule has 3 aromatic heterocycles. The van der Waals surface area contributed by atoms with Crippen LogP contribution in [0.3, 0.4) is 0 Å². The van der Waals surface area contributed by atoms with Crippen LogP contribution in [0.2, 0.25) is 0 Å².